The van der Waals surface area contributed by atoms with Gasteiger partial charge in [-0.1, -0.05) is 51.5 Å². The van der Waals surface area contributed by atoms with Crippen LogP contribution in [0.3, 0.4) is 0 Å². The van der Waals surface area contributed by atoms with Crippen LogP contribution in [0.1, 0.15) is 57.1 Å². The van der Waals surface area contributed by atoms with Gasteiger partial charge in [0.05, 0.1) is 0 Å². The standard InChI is InChI=1S/C17H24/c1-12(2)16-10-7-14(4)11-17(16)15-8-5-13(3)6-9-15/h3,5-6,8-9,12,14,16-17H,7,10-11H2,1-2,4H3. The van der Waals surface area contributed by atoms with Crippen molar-refractivity contribution in [2.75, 3.05) is 0 Å². The van der Waals surface area contributed by atoms with Crippen molar-refractivity contribution in [2.24, 2.45) is 17.8 Å². The van der Waals surface area contributed by atoms with Crippen LogP contribution in [-0.2, 0) is 0 Å². The zero-order chi connectivity index (χ0) is 12.4. The van der Waals surface area contributed by atoms with E-state index in [0.717, 1.165) is 29.2 Å². The molecule has 0 aliphatic heterocycles. The Morgan fingerprint density at radius 3 is 2.35 bits per heavy atom. The first kappa shape index (κ1) is 12.7. The first-order valence-electron chi connectivity index (χ1n) is 6.93. The van der Waals surface area contributed by atoms with Gasteiger partial charge in [0.15, 0.2) is 0 Å². The molecule has 2 rings (SSSR count). The third-order valence-corrected chi connectivity index (χ3v) is 4.39. The van der Waals surface area contributed by atoms with E-state index in [0.29, 0.717) is 0 Å². The van der Waals surface area contributed by atoms with Crippen molar-refractivity contribution in [2.45, 2.75) is 46.0 Å². The van der Waals surface area contributed by atoms with Crippen LogP contribution in [0.15, 0.2) is 24.3 Å². The van der Waals surface area contributed by atoms with Crippen molar-refractivity contribution in [3.8, 4) is 0 Å². The van der Waals surface area contributed by atoms with Crippen molar-refractivity contribution >= 4 is 0 Å². The Bertz CT molecular complexity index is 347. The molecule has 92 valence electrons. The lowest BCUT2D eigenvalue weighted by Gasteiger charge is -2.37. The molecular weight excluding hydrogens is 204 g/mol. The number of benzene rings is 1. The summed E-state index contributed by atoms with van der Waals surface area (Å²) in [4.78, 5) is 0. The summed E-state index contributed by atoms with van der Waals surface area (Å²) in [6, 6.07) is 8.55. The van der Waals surface area contributed by atoms with Gasteiger partial charge in [0.1, 0.15) is 0 Å². The van der Waals surface area contributed by atoms with Gasteiger partial charge in [-0.2, -0.15) is 0 Å². The summed E-state index contributed by atoms with van der Waals surface area (Å²) in [5.74, 6) is 3.23. The lowest BCUT2D eigenvalue weighted by atomic mass is 9.67. The molecule has 0 aromatic heterocycles. The van der Waals surface area contributed by atoms with E-state index >= 15 is 0 Å². The zero-order valence-electron chi connectivity index (χ0n) is 11.3. The van der Waals surface area contributed by atoms with Crippen LogP contribution in [0, 0.1) is 24.7 Å². The monoisotopic (exact) mass is 228 g/mol. The fourth-order valence-corrected chi connectivity index (χ4v) is 3.33. The van der Waals surface area contributed by atoms with E-state index in [9.17, 15) is 0 Å². The molecule has 1 aliphatic carbocycles. The smallest absolute Gasteiger partial charge is 0.00120 e. The average molecular weight is 228 g/mol. The molecule has 17 heavy (non-hydrogen) atoms. The van der Waals surface area contributed by atoms with Gasteiger partial charge in [0, 0.05) is 0 Å². The highest BCUT2D eigenvalue weighted by molar-refractivity contribution is 5.27. The van der Waals surface area contributed by atoms with Crippen LogP contribution in [0.5, 0.6) is 0 Å². The molecule has 3 unspecified atom stereocenters. The molecule has 1 aromatic carbocycles. The lowest BCUT2D eigenvalue weighted by Crippen LogP contribution is -2.26. The molecule has 2 radical (unpaired) electrons. The van der Waals surface area contributed by atoms with Gasteiger partial charge in [-0.25, -0.2) is 0 Å². The van der Waals surface area contributed by atoms with E-state index in [2.05, 4.69) is 32.9 Å². The Kier molecular flexibility index (Phi) is 3.91. The van der Waals surface area contributed by atoms with Gasteiger partial charge in [-0.05, 0) is 54.6 Å². The molecule has 0 nitrogen and oxygen atoms in total. The van der Waals surface area contributed by atoms with Crippen molar-refractivity contribution < 1.29 is 0 Å². The van der Waals surface area contributed by atoms with Gasteiger partial charge >= 0.3 is 0 Å². The maximum absolute atomic E-state index is 5.78. The molecule has 0 spiro atoms. The number of rotatable bonds is 2. The van der Waals surface area contributed by atoms with Crippen LogP contribution >= 0.6 is 0 Å². The second-order valence-corrected chi connectivity index (χ2v) is 6.10. The molecule has 1 saturated carbocycles. The van der Waals surface area contributed by atoms with Gasteiger partial charge in [0.2, 0.25) is 0 Å². The average Bonchev–Trinajstić information content (AvgIpc) is 2.29. The van der Waals surface area contributed by atoms with E-state index in [1.165, 1.54) is 24.8 Å². The molecule has 1 aromatic rings. The van der Waals surface area contributed by atoms with E-state index < -0.39 is 0 Å². The lowest BCUT2D eigenvalue weighted by molar-refractivity contribution is 0.197. The SMILES string of the molecule is [CH]c1ccc(C2CC(C)CCC2C(C)C)cc1. The summed E-state index contributed by atoms with van der Waals surface area (Å²) in [7, 11) is 0. The number of hydrogen-bond donors (Lipinski definition) is 0. The van der Waals surface area contributed by atoms with Gasteiger partial charge < -0.3 is 0 Å². The Hall–Kier alpha value is -0.780. The van der Waals surface area contributed by atoms with Gasteiger partial charge in [-0.15, -0.1) is 0 Å². The van der Waals surface area contributed by atoms with E-state index in [-0.39, 0.29) is 0 Å². The minimum atomic E-state index is 0.736. The molecule has 0 saturated heterocycles. The molecule has 0 amide bonds. The highest BCUT2D eigenvalue weighted by Gasteiger charge is 2.31. The maximum atomic E-state index is 5.78. The maximum Gasteiger partial charge on any atom is -0.00120 e. The summed E-state index contributed by atoms with van der Waals surface area (Å²) in [6.07, 6.45) is 4.12. The van der Waals surface area contributed by atoms with Crippen LogP contribution < -0.4 is 0 Å². The van der Waals surface area contributed by atoms with Crippen molar-refractivity contribution in [3.63, 3.8) is 0 Å². The van der Waals surface area contributed by atoms with E-state index in [4.69, 9.17) is 6.92 Å². The zero-order valence-corrected chi connectivity index (χ0v) is 11.3. The highest BCUT2D eigenvalue weighted by Crippen LogP contribution is 2.43. The fourth-order valence-electron chi connectivity index (χ4n) is 3.33. The predicted octanol–water partition coefficient (Wildman–Crippen LogP) is 4.92. The van der Waals surface area contributed by atoms with Crippen LogP contribution in [0.2, 0.25) is 0 Å². The molecule has 0 N–H and O–H groups in total. The summed E-state index contributed by atoms with van der Waals surface area (Å²) in [5.41, 5.74) is 2.36. The van der Waals surface area contributed by atoms with Crippen LogP contribution in [-0.4, -0.2) is 0 Å². The highest BCUT2D eigenvalue weighted by atomic mass is 14.4. The molecule has 0 bridgehead atoms. The number of hydrogen-bond acceptors (Lipinski definition) is 0. The molecule has 1 fully saturated rings. The molecular formula is C17H24. The predicted molar refractivity (Wildman–Crippen MR) is 73.9 cm³/mol. The van der Waals surface area contributed by atoms with Crippen LogP contribution in [0.25, 0.3) is 0 Å². The van der Waals surface area contributed by atoms with Gasteiger partial charge in [-0.3, -0.25) is 0 Å². The minimum Gasteiger partial charge on any atom is -0.0625 e. The molecule has 3 atom stereocenters. The topological polar surface area (TPSA) is 0 Å². The Morgan fingerprint density at radius 2 is 1.76 bits per heavy atom. The Labute approximate surface area is 106 Å². The summed E-state index contributed by atoms with van der Waals surface area (Å²) in [6.45, 7) is 12.9. The second kappa shape index (κ2) is 5.25. The van der Waals surface area contributed by atoms with Crippen molar-refractivity contribution in [3.05, 3.63) is 42.3 Å². The molecule has 0 heteroatoms. The summed E-state index contributed by atoms with van der Waals surface area (Å²) >= 11 is 0. The second-order valence-electron chi connectivity index (χ2n) is 6.10. The Morgan fingerprint density at radius 1 is 1.12 bits per heavy atom. The van der Waals surface area contributed by atoms with Crippen LogP contribution in [0.4, 0.5) is 0 Å². The largest absolute Gasteiger partial charge is 0.0625 e. The minimum absolute atomic E-state index is 0.736. The van der Waals surface area contributed by atoms with Gasteiger partial charge in [0.25, 0.3) is 0 Å². The van der Waals surface area contributed by atoms with Crippen molar-refractivity contribution in [1.29, 1.82) is 0 Å². The first-order chi connectivity index (χ1) is 8.08. The molecule has 0 heterocycles. The van der Waals surface area contributed by atoms with E-state index in [1.54, 1.807) is 0 Å². The quantitative estimate of drug-likeness (QED) is 0.674. The van der Waals surface area contributed by atoms with E-state index in [1.807, 2.05) is 12.1 Å². The summed E-state index contributed by atoms with van der Waals surface area (Å²) in [5, 5.41) is 0. The molecule has 1 aliphatic rings. The third kappa shape index (κ3) is 2.91. The summed E-state index contributed by atoms with van der Waals surface area (Å²) < 4.78 is 0. The van der Waals surface area contributed by atoms with Crippen molar-refractivity contribution in [1.82, 2.24) is 0 Å². The Balaban J connectivity index is 2.22. The fraction of sp³-hybridized carbons (Fsp3) is 0.588. The third-order valence-electron chi connectivity index (χ3n) is 4.39. The normalized spacial score (nSPS) is 29.6. The first-order valence-corrected chi connectivity index (χ1v) is 6.93.